The van der Waals surface area contributed by atoms with Crippen LogP contribution in [-0.2, 0) is 7.05 Å². The first-order chi connectivity index (χ1) is 8.04. The summed E-state index contributed by atoms with van der Waals surface area (Å²) in [5.41, 5.74) is 0.432. The van der Waals surface area contributed by atoms with Crippen LogP contribution in [0.15, 0.2) is 18.2 Å². The highest BCUT2D eigenvalue weighted by Gasteiger charge is 2.17. The molecular formula is C12H9F2N3. The molecule has 0 aliphatic rings. The lowest BCUT2D eigenvalue weighted by Gasteiger charge is -2.05. The van der Waals surface area contributed by atoms with E-state index >= 15 is 0 Å². The van der Waals surface area contributed by atoms with Gasteiger partial charge in [0.15, 0.2) is 5.69 Å². The second kappa shape index (κ2) is 3.98. The van der Waals surface area contributed by atoms with Crippen LogP contribution in [0.25, 0.3) is 11.3 Å². The van der Waals surface area contributed by atoms with E-state index in [2.05, 4.69) is 4.98 Å². The maximum Gasteiger partial charge on any atom is 0.166 e. The Morgan fingerprint density at radius 3 is 2.71 bits per heavy atom. The summed E-state index contributed by atoms with van der Waals surface area (Å²) in [6.07, 6.45) is 0. The van der Waals surface area contributed by atoms with Crippen molar-refractivity contribution in [3.05, 3.63) is 41.4 Å². The van der Waals surface area contributed by atoms with Gasteiger partial charge in [-0.25, -0.2) is 13.8 Å². The molecule has 0 atom stereocenters. The van der Waals surface area contributed by atoms with Gasteiger partial charge in [-0.1, -0.05) is 0 Å². The second-order valence-electron chi connectivity index (χ2n) is 3.65. The molecule has 17 heavy (non-hydrogen) atoms. The topological polar surface area (TPSA) is 41.6 Å². The molecule has 2 aromatic rings. The molecule has 0 aliphatic heterocycles. The Labute approximate surface area is 96.9 Å². The smallest absolute Gasteiger partial charge is 0.166 e. The Morgan fingerprint density at radius 2 is 2.06 bits per heavy atom. The van der Waals surface area contributed by atoms with E-state index in [-0.39, 0.29) is 11.3 Å². The van der Waals surface area contributed by atoms with Crippen molar-refractivity contribution in [2.75, 3.05) is 0 Å². The number of aromatic nitrogens is 2. The van der Waals surface area contributed by atoms with E-state index in [0.29, 0.717) is 11.5 Å². The molecule has 1 heterocycles. The highest BCUT2D eigenvalue weighted by atomic mass is 19.1. The molecule has 0 radical (unpaired) electrons. The maximum atomic E-state index is 13.6. The number of halogens is 2. The molecular weight excluding hydrogens is 224 g/mol. The van der Waals surface area contributed by atoms with Crippen LogP contribution in [0.5, 0.6) is 0 Å². The van der Waals surface area contributed by atoms with Gasteiger partial charge in [-0.3, -0.25) is 0 Å². The molecule has 0 amide bonds. The van der Waals surface area contributed by atoms with Crippen LogP contribution < -0.4 is 0 Å². The zero-order valence-corrected chi connectivity index (χ0v) is 9.33. The van der Waals surface area contributed by atoms with E-state index in [0.717, 1.165) is 18.2 Å². The van der Waals surface area contributed by atoms with E-state index in [4.69, 9.17) is 5.26 Å². The SMILES string of the molecule is Cc1nc(C#N)c(-c2cc(F)ccc2F)n1C. The normalized spacial score (nSPS) is 10.3. The van der Waals surface area contributed by atoms with E-state index < -0.39 is 11.6 Å². The van der Waals surface area contributed by atoms with Crippen LogP contribution in [0.2, 0.25) is 0 Å². The molecule has 1 aromatic carbocycles. The van der Waals surface area contributed by atoms with Crippen molar-refractivity contribution in [1.29, 1.82) is 5.26 Å². The molecule has 0 saturated heterocycles. The standard InChI is InChI=1S/C12H9F2N3/c1-7-16-11(6-15)12(17(7)2)9-5-8(13)3-4-10(9)14/h3-5H,1-2H3. The molecule has 0 bridgehead atoms. The average Bonchev–Trinajstić information content (AvgIpc) is 2.59. The molecule has 2 rings (SSSR count). The van der Waals surface area contributed by atoms with Crippen molar-refractivity contribution >= 4 is 0 Å². The molecule has 1 aromatic heterocycles. The monoisotopic (exact) mass is 233 g/mol. The number of hydrogen-bond acceptors (Lipinski definition) is 2. The summed E-state index contributed by atoms with van der Waals surface area (Å²) in [5.74, 6) is -0.560. The van der Waals surface area contributed by atoms with Gasteiger partial charge in [0.05, 0.1) is 5.69 Å². The van der Waals surface area contributed by atoms with Crippen molar-refractivity contribution in [2.45, 2.75) is 6.92 Å². The summed E-state index contributed by atoms with van der Waals surface area (Å²) in [6, 6.07) is 5.02. The first kappa shape index (κ1) is 11.3. The van der Waals surface area contributed by atoms with Gasteiger partial charge < -0.3 is 4.57 Å². The van der Waals surface area contributed by atoms with Gasteiger partial charge in [-0.2, -0.15) is 5.26 Å². The molecule has 0 fully saturated rings. The predicted octanol–water partition coefficient (Wildman–Crippen LogP) is 2.55. The molecule has 86 valence electrons. The third-order valence-electron chi connectivity index (χ3n) is 2.61. The number of hydrogen-bond donors (Lipinski definition) is 0. The minimum Gasteiger partial charge on any atom is -0.330 e. The van der Waals surface area contributed by atoms with Crippen molar-refractivity contribution in [3.63, 3.8) is 0 Å². The summed E-state index contributed by atoms with van der Waals surface area (Å²) in [6.45, 7) is 1.70. The zero-order chi connectivity index (χ0) is 12.6. The molecule has 0 aliphatic carbocycles. The number of imidazole rings is 1. The van der Waals surface area contributed by atoms with Crippen molar-refractivity contribution in [3.8, 4) is 17.3 Å². The zero-order valence-electron chi connectivity index (χ0n) is 9.33. The second-order valence-corrected chi connectivity index (χ2v) is 3.65. The summed E-state index contributed by atoms with van der Waals surface area (Å²) >= 11 is 0. The Hall–Kier alpha value is -2.22. The van der Waals surface area contributed by atoms with Crippen LogP contribution in [-0.4, -0.2) is 9.55 Å². The summed E-state index contributed by atoms with van der Waals surface area (Å²) in [5, 5.41) is 8.94. The maximum absolute atomic E-state index is 13.6. The lowest BCUT2D eigenvalue weighted by Crippen LogP contribution is -1.97. The minimum atomic E-state index is -0.578. The number of nitrogens with zero attached hydrogens (tertiary/aromatic N) is 3. The van der Waals surface area contributed by atoms with Crippen LogP contribution >= 0.6 is 0 Å². The van der Waals surface area contributed by atoms with E-state index in [9.17, 15) is 8.78 Å². The quantitative estimate of drug-likeness (QED) is 0.759. The fraction of sp³-hybridized carbons (Fsp3) is 0.167. The predicted molar refractivity (Wildman–Crippen MR) is 58.0 cm³/mol. The summed E-state index contributed by atoms with van der Waals surface area (Å²) < 4.78 is 28.3. The molecule has 0 N–H and O–H groups in total. The van der Waals surface area contributed by atoms with E-state index in [1.165, 1.54) is 0 Å². The number of benzene rings is 1. The fourth-order valence-electron chi connectivity index (χ4n) is 1.68. The van der Waals surface area contributed by atoms with Crippen molar-refractivity contribution in [1.82, 2.24) is 9.55 Å². The van der Waals surface area contributed by atoms with E-state index in [1.54, 1.807) is 18.5 Å². The summed E-state index contributed by atoms with van der Waals surface area (Å²) in [7, 11) is 1.66. The Morgan fingerprint density at radius 1 is 1.35 bits per heavy atom. The molecule has 3 nitrogen and oxygen atoms in total. The molecule has 5 heteroatoms. The van der Waals surface area contributed by atoms with Gasteiger partial charge in [0.2, 0.25) is 0 Å². The van der Waals surface area contributed by atoms with Gasteiger partial charge in [0, 0.05) is 12.6 Å². The third-order valence-corrected chi connectivity index (χ3v) is 2.61. The van der Waals surface area contributed by atoms with Crippen molar-refractivity contribution < 1.29 is 8.78 Å². The van der Waals surface area contributed by atoms with Crippen LogP contribution in [0, 0.1) is 29.9 Å². The Balaban J connectivity index is 2.77. The van der Waals surface area contributed by atoms with Crippen LogP contribution in [0.1, 0.15) is 11.5 Å². The van der Waals surface area contributed by atoms with E-state index in [1.807, 2.05) is 6.07 Å². The number of nitriles is 1. The first-order valence-corrected chi connectivity index (χ1v) is 4.93. The minimum absolute atomic E-state index is 0.0460. The van der Waals surface area contributed by atoms with Gasteiger partial charge in [-0.15, -0.1) is 0 Å². The lowest BCUT2D eigenvalue weighted by atomic mass is 10.1. The lowest BCUT2D eigenvalue weighted by molar-refractivity contribution is 0.601. The largest absolute Gasteiger partial charge is 0.330 e. The van der Waals surface area contributed by atoms with Gasteiger partial charge in [-0.05, 0) is 25.1 Å². The first-order valence-electron chi connectivity index (χ1n) is 4.93. The van der Waals surface area contributed by atoms with Crippen molar-refractivity contribution in [2.24, 2.45) is 7.05 Å². The number of aryl methyl sites for hydroxylation is 1. The van der Waals surface area contributed by atoms with Crippen LogP contribution in [0.4, 0.5) is 8.78 Å². The highest BCUT2D eigenvalue weighted by Crippen LogP contribution is 2.27. The highest BCUT2D eigenvalue weighted by molar-refractivity contribution is 5.66. The fourth-order valence-corrected chi connectivity index (χ4v) is 1.68. The molecule has 0 saturated carbocycles. The number of rotatable bonds is 1. The Kier molecular flexibility index (Phi) is 2.64. The van der Waals surface area contributed by atoms with Gasteiger partial charge in [0.1, 0.15) is 23.5 Å². The van der Waals surface area contributed by atoms with Gasteiger partial charge in [0.25, 0.3) is 0 Å². The molecule has 0 unspecified atom stereocenters. The van der Waals surface area contributed by atoms with Gasteiger partial charge >= 0.3 is 0 Å². The third kappa shape index (κ3) is 1.78. The molecule has 0 spiro atoms. The summed E-state index contributed by atoms with van der Waals surface area (Å²) in [4.78, 5) is 3.99. The van der Waals surface area contributed by atoms with Crippen LogP contribution in [0.3, 0.4) is 0 Å². The Bertz CT molecular complexity index is 623. The average molecular weight is 233 g/mol.